The first-order valence-corrected chi connectivity index (χ1v) is 5.15. The Morgan fingerprint density at radius 2 is 2.46 bits per heavy atom. The third kappa shape index (κ3) is 0.917. The zero-order valence-corrected chi connectivity index (χ0v) is 8.33. The summed E-state index contributed by atoms with van der Waals surface area (Å²) in [6, 6.07) is 0. The minimum absolute atomic E-state index is 0.211. The van der Waals surface area contributed by atoms with Gasteiger partial charge in [0, 0.05) is 11.3 Å². The molecule has 0 aromatic carbocycles. The third-order valence-corrected chi connectivity index (χ3v) is 3.96. The van der Waals surface area contributed by atoms with Crippen LogP contribution in [0.1, 0.15) is 33.1 Å². The molecule has 2 aliphatic carbocycles. The Hall–Kier alpha value is -0.790. The Balaban J connectivity index is 2.34. The van der Waals surface area contributed by atoms with Crippen molar-refractivity contribution >= 4 is 5.71 Å². The summed E-state index contributed by atoms with van der Waals surface area (Å²) in [4.78, 5) is 0. The average molecular weight is 179 g/mol. The maximum Gasteiger partial charge on any atom is 0.0672 e. The fourth-order valence-corrected chi connectivity index (χ4v) is 3.19. The third-order valence-electron chi connectivity index (χ3n) is 3.96. The van der Waals surface area contributed by atoms with Gasteiger partial charge >= 0.3 is 0 Å². The van der Waals surface area contributed by atoms with Crippen LogP contribution in [-0.2, 0) is 0 Å². The minimum Gasteiger partial charge on any atom is -0.411 e. The van der Waals surface area contributed by atoms with Crippen LogP contribution in [0.25, 0.3) is 0 Å². The van der Waals surface area contributed by atoms with Crippen molar-refractivity contribution in [2.75, 3.05) is 0 Å². The van der Waals surface area contributed by atoms with Gasteiger partial charge in [0.15, 0.2) is 0 Å². The lowest BCUT2D eigenvalue weighted by atomic mass is 9.48. The van der Waals surface area contributed by atoms with Gasteiger partial charge in [-0.25, -0.2) is 0 Å². The van der Waals surface area contributed by atoms with Gasteiger partial charge in [-0.3, -0.25) is 0 Å². The highest BCUT2D eigenvalue weighted by molar-refractivity contribution is 5.98. The second kappa shape index (κ2) is 2.86. The van der Waals surface area contributed by atoms with Gasteiger partial charge in [-0.2, -0.15) is 0 Å². The van der Waals surface area contributed by atoms with Crippen LogP contribution >= 0.6 is 0 Å². The van der Waals surface area contributed by atoms with E-state index < -0.39 is 0 Å². The summed E-state index contributed by atoms with van der Waals surface area (Å²) in [5.41, 5.74) is 1.24. The molecule has 3 unspecified atom stereocenters. The van der Waals surface area contributed by atoms with Crippen LogP contribution in [0.5, 0.6) is 0 Å². The summed E-state index contributed by atoms with van der Waals surface area (Å²) in [6.07, 6.45) is 7.98. The SMILES string of the molecule is CCC12CCC=CC1C(C)C2=NO. The molecule has 2 rings (SSSR count). The van der Waals surface area contributed by atoms with Gasteiger partial charge in [0.05, 0.1) is 5.71 Å². The smallest absolute Gasteiger partial charge is 0.0672 e. The quantitative estimate of drug-likeness (QED) is 0.375. The molecule has 0 bridgehead atoms. The molecule has 1 N–H and O–H groups in total. The van der Waals surface area contributed by atoms with E-state index in [1.807, 2.05) is 0 Å². The van der Waals surface area contributed by atoms with Gasteiger partial charge in [-0.1, -0.05) is 31.2 Å². The van der Waals surface area contributed by atoms with Crippen molar-refractivity contribution in [2.45, 2.75) is 33.1 Å². The fraction of sp³-hybridized carbons (Fsp3) is 0.727. The van der Waals surface area contributed by atoms with Crippen LogP contribution in [0, 0.1) is 17.3 Å². The molecular formula is C11H17NO. The predicted octanol–water partition coefficient (Wildman–Crippen LogP) is 2.83. The van der Waals surface area contributed by atoms with Crippen LogP contribution in [0.4, 0.5) is 0 Å². The maximum absolute atomic E-state index is 8.96. The topological polar surface area (TPSA) is 32.6 Å². The van der Waals surface area contributed by atoms with E-state index in [1.165, 1.54) is 0 Å². The summed E-state index contributed by atoms with van der Waals surface area (Å²) >= 11 is 0. The van der Waals surface area contributed by atoms with Crippen LogP contribution in [0.3, 0.4) is 0 Å². The Morgan fingerprint density at radius 1 is 1.69 bits per heavy atom. The van der Waals surface area contributed by atoms with Crippen molar-refractivity contribution in [3.8, 4) is 0 Å². The average Bonchev–Trinajstić information content (AvgIpc) is 2.17. The van der Waals surface area contributed by atoms with Crippen molar-refractivity contribution in [2.24, 2.45) is 22.4 Å². The predicted molar refractivity (Wildman–Crippen MR) is 53.0 cm³/mol. The molecule has 0 spiro atoms. The molecule has 0 amide bonds. The summed E-state index contributed by atoms with van der Waals surface area (Å²) < 4.78 is 0. The van der Waals surface area contributed by atoms with Gasteiger partial charge in [-0.05, 0) is 25.2 Å². The highest BCUT2D eigenvalue weighted by Gasteiger charge is 2.56. The number of hydrogen-bond acceptors (Lipinski definition) is 2. The summed E-state index contributed by atoms with van der Waals surface area (Å²) in [6.45, 7) is 4.35. The van der Waals surface area contributed by atoms with Crippen molar-refractivity contribution in [3.63, 3.8) is 0 Å². The zero-order chi connectivity index (χ0) is 9.47. The molecule has 1 saturated carbocycles. The van der Waals surface area contributed by atoms with E-state index in [-0.39, 0.29) is 5.41 Å². The Bertz CT molecular complexity index is 269. The van der Waals surface area contributed by atoms with Crippen LogP contribution in [0.2, 0.25) is 0 Å². The summed E-state index contributed by atoms with van der Waals surface area (Å²) in [5, 5.41) is 12.4. The van der Waals surface area contributed by atoms with Crippen LogP contribution in [-0.4, -0.2) is 10.9 Å². The lowest BCUT2D eigenvalue weighted by molar-refractivity contribution is 0.139. The van der Waals surface area contributed by atoms with Gasteiger partial charge in [-0.15, -0.1) is 0 Å². The molecular weight excluding hydrogens is 162 g/mol. The normalized spacial score (nSPS) is 45.8. The summed E-state index contributed by atoms with van der Waals surface area (Å²) in [5.74, 6) is 1.07. The number of rotatable bonds is 1. The molecule has 72 valence electrons. The highest BCUT2D eigenvalue weighted by atomic mass is 16.4. The van der Waals surface area contributed by atoms with Crippen LogP contribution in [0.15, 0.2) is 17.3 Å². The van der Waals surface area contributed by atoms with E-state index in [4.69, 9.17) is 5.21 Å². The monoisotopic (exact) mass is 179 g/mol. The Kier molecular flexibility index (Phi) is 1.94. The van der Waals surface area contributed by atoms with Crippen molar-refractivity contribution < 1.29 is 5.21 Å². The Morgan fingerprint density at radius 3 is 3.08 bits per heavy atom. The number of nitrogens with zero attached hydrogens (tertiary/aromatic N) is 1. The first-order chi connectivity index (χ1) is 6.26. The van der Waals surface area contributed by atoms with Gasteiger partial charge in [0.25, 0.3) is 0 Å². The largest absolute Gasteiger partial charge is 0.411 e. The molecule has 2 aliphatic rings. The van der Waals surface area contributed by atoms with E-state index in [0.29, 0.717) is 11.8 Å². The molecule has 0 aliphatic heterocycles. The van der Waals surface area contributed by atoms with Crippen molar-refractivity contribution in [1.82, 2.24) is 0 Å². The minimum atomic E-state index is 0.211. The number of oxime groups is 1. The molecule has 1 fully saturated rings. The van der Waals surface area contributed by atoms with Gasteiger partial charge in [0.1, 0.15) is 0 Å². The first kappa shape index (κ1) is 8.79. The zero-order valence-electron chi connectivity index (χ0n) is 8.33. The van der Waals surface area contributed by atoms with E-state index in [1.54, 1.807) is 0 Å². The fourth-order valence-electron chi connectivity index (χ4n) is 3.19. The molecule has 0 aromatic heterocycles. The highest BCUT2D eigenvalue weighted by Crippen LogP contribution is 2.56. The van der Waals surface area contributed by atoms with Gasteiger partial charge < -0.3 is 5.21 Å². The number of hydrogen-bond donors (Lipinski definition) is 1. The van der Waals surface area contributed by atoms with Gasteiger partial charge in [0.2, 0.25) is 0 Å². The van der Waals surface area contributed by atoms with Crippen LogP contribution < -0.4 is 0 Å². The second-order valence-corrected chi connectivity index (χ2v) is 4.28. The van der Waals surface area contributed by atoms with E-state index in [2.05, 4.69) is 31.2 Å². The molecule has 13 heavy (non-hydrogen) atoms. The van der Waals surface area contributed by atoms with Crippen molar-refractivity contribution in [3.05, 3.63) is 12.2 Å². The molecule has 0 saturated heterocycles. The molecule has 0 heterocycles. The lowest BCUT2D eigenvalue weighted by Crippen LogP contribution is -2.56. The maximum atomic E-state index is 8.96. The second-order valence-electron chi connectivity index (χ2n) is 4.28. The molecule has 0 radical (unpaired) electrons. The van der Waals surface area contributed by atoms with E-state index in [9.17, 15) is 0 Å². The summed E-state index contributed by atoms with van der Waals surface area (Å²) in [7, 11) is 0. The lowest BCUT2D eigenvalue weighted by Gasteiger charge is -2.55. The molecule has 3 atom stereocenters. The first-order valence-electron chi connectivity index (χ1n) is 5.15. The standard InChI is InChI=1S/C11H17NO/c1-3-11-7-5-4-6-9(11)8(2)10(11)12-13/h4,6,8-9,13H,3,5,7H2,1-2H3. The molecule has 0 aromatic rings. The number of fused-ring (bicyclic) bond motifs is 1. The number of allylic oxidation sites excluding steroid dienone is 2. The van der Waals surface area contributed by atoms with Crippen molar-refractivity contribution in [1.29, 1.82) is 0 Å². The van der Waals surface area contributed by atoms with E-state index in [0.717, 1.165) is 25.0 Å². The van der Waals surface area contributed by atoms with E-state index >= 15 is 0 Å². The molecule has 2 heteroatoms. The Labute approximate surface area is 79.3 Å². The molecule has 2 nitrogen and oxygen atoms in total.